The number of anilines is 2. The number of nitro benzene ring substituents is 1. The van der Waals surface area contributed by atoms with Crippen molar-refractivity contribution in [2.75, 3.05) is 38.5 Å². The van der Waals surface area contributed by atoms with Gasteiger partial charge < -0.3 is 24.8 Å². The van der Waals surface area contributed by atoms with Gasteiger partial charge in [0.05, 0.1) is 31.8 Å². The molecular formula is C19H20F3N3O6. The predicted octanol–water partition coefficient (Wildman–Crippen LogP) is 4.08. The van der Waals surface area contributed by atoms with Crippen LogP contribution in [0.1, 0.15) is 12.0 Å². The van der Waals surface area contributed by atoms with Gasteiger partial charge in [-0.1, -0.05) is 0 Å². The molecule has 12 heteroatoms. The largest absolute Gasteiger partial charge is 0.493 e. The number of hydrogen-bond acceptors (Lipinski definition) is 7. The number of rotatable bonds is 9. The molecule has 0 unspecified atom stereocenters. The smallest absolute Gasteiger partial charge is 0.416 e. The van der Waals surface area contributed by atoms with E-state index in [2.05, 4.69) is 10.6 Å². The van der Waals surface area contributed by atoms with Crippen molar-refractivity contribution in [3.05, 3.63) is 46.0 Å². The van der Waals surface area contributed by atoms with E-state index in [4.69, 9.17) is 14.2 Å². The SMILES string of the molecule is COc1cc(NC(=O)CCNc2ccc(C(F)(F)F)cc2[N+](=O)[O-])cc(OC)c1OC. The van der Waals surface area contributed by atoms with E-state index < -0.39 is 28.3 Å². The zero-order valence-corrected chi connectivity index (χ0v) is 16.8. The summed E-state index contributed by atoms with van der Waals surface area (Å²) in [4.78, 5) is 22.4. The number of carbonyl (C=O) groups excluding carboxylic acids is 1. The minimum absolute atomic E-state index is 0.0531. The molecular weight excluding hydrogens is 423 g/mol. The molecule has 31 heavy (non-hydrogen) atoms. The molecule has 1 amide bonds. The van der Waals surface area contributed by atoms with Crippen LogP contribution in [0.2, 0.25) is 0 Å². The molecule has 168 valence electrons. The molecule has 2 rings (SSSR count). The van der Waals surface area contributed by atoms with Crippen LogP contribution < -0.4 is 24.8 Å². The molecule has 0 radical (unpaired) electrons. The number of nitrogens with one attached hydrogen (secondary N) is 2. The van der Waals surface area contributed by atoms with Gasteiger partial charge in [-0.25, -0.2) is 0 Å². The third-order valence-electron chi connectivity index (χ3n) is 4.14. The lowest BCUT2D eigenvalue weighted by atomic mass is 10.1. The van der Waals surface area contributed by atoms with Gasteiger partial charge in [-0.15, -0.1) is 0 Å². The summed E-state index contributed by atoms with van der Waals surface area (Å²) in [6.07, 6.45) is -4.82. The Morgan fingerprint density at radius 3 is 2.16 bits per heavy atom. The minimum atomic E-state index is -4.70. The summed E-state index contributed by atoms with van der Waals surface area (Å²) in [6, 6.07) is 5.17. The van der Waals surface area contributed by atoms with Gasteiger partial charge in [0, 0.05) is 36.9 Å². The maximum atomic E-state index is 12.8. The van der Waals surface area contributed by atoms with Crippen molar-refractivity contribution in [2.24, 2.45) is 0 Å². The van der Waals surface area contributed by atoms with Crippen LogP contribution in [0.15, 0.2) is 30.3 Å². The van der Waals surface area contributed by atoms with E-state index in [0.29, 0.717) is 29.0 Å². The van der Waals surface area contributed by atoms with Crippen LogP contribution in [0.5, 0.6) is 17.2 Å². The van der Waals surface area contributed by atoms with Gasteiger partial charge >= 0.3 is 6.18 Å². The van der Waals surface area contributed by atoms with Gasteiger partial charge in [0.1, 0.15) is 5.69 Å². The number of carbonyl (C=O) groups is 1. The van der Waals surface area contributed by atoms with Crippen molar-refractivity contribution >= 4 is 23.0 Å². The van der Waals surface area contributed by atoms with Crippen molar-refractivity contribution in [3.63, 3.8) is 0 Å². The number of nitro groups is 1. The monoisotopic (exact) mass is 443 g/mol. The molecule has 0 heterocycles. The zero-order chi connectivity index (χ0) is 23.2. The Morgan fingerprint density at radius 2 is 1.68 bits per heavy atom. The summed E-state index contributed by atoms with van der Waals surface area (Å²) in [5.41, 5.74) is -1.64. The van der Waals surface area contributed by atoms with Gasteiger partial charge in [-0.3, -0.25) is 14.9 Å². The van der Waals surface area contributed by atoms with E-state index in [0.717, 1.165) is 12.1 Å². The number of hydrogen-bond donors (Lipinski definition) is 2. The molecule has 0 saturated heterocycles. The molecule has 0 bridgehead atoms. The van der Waals surface area contributed by atoms with E-state index in [1.165, 1.54) is 33.5 Å². The molecule has 2 N–H and O–H groups in total. The summed E-state index contributed by atoms with van der Waals surface area (Å²) in [5.74, 6) is 0.557. The molecule has 0 fully saturated rings. The lowest BCUT2D eigenvalue weighted by Gasteiger charge is -2.15. The van der Waals surface area contributed by atoms with Crippen molar-refractivity contribution in [1.82, 2.24) is 0 Å². The highest BCUT2D eigenvalue weighted by Crippen LogP contribution is 2.40. The van der Waals surface area contributed by atoms with Gasteiger partial charge in [-0.05, 0) is 12.1 Å². The minimum Gasteiger partial charge on any atom is -0.493 e. The van der Waals surface area contributed by atoms with Crippen LogP contribution in [0.4, 0.5) is 30.2 Å². The number of nitrogens with zero attached hydrogens (tertiary/aromatic N) is 1. The van der Waals surface area contributed by atoms with Crippen molar-refractivity contribution in [2.45, 2.75) is 12.6 Å². The van der Waals surface area contributed by atoms with E-state index in [9.17, 15) is 28.1 Å². The Kier molecular flexibility index (Phi) is 7.51. The molecule has 9 nitrogen and oxygen atoms in total. The maximum absolute atomic E-state index is 12.8. The Bertz CT molecular complexity index is 940. The first kappa shape index (κ1) is 23.6. The van der Waals surface area contributed by atoms with E-state index >= 15 is 0 Å². The number of benzene rings is 2. The fourth-order valence-electron chi connectivity index (χ4n) is 2.70. The highest BCUT2D eigenvalue weighted by Gasteiger charge is 2.33. The molecule has 0 spiro atoms. The summed E-state index contributed by atoms with van der Waals surface area (Å²) in [5, 5.41) is 16.3. The lowest BCUT2D eigenvalue weighted by Crippen LogP contribution is -2.17. The molecule has 0 aliphatic carbocycles. The number of alkyl halides is 3. The lowest BCUT2D eigenvalue weighted by molar-refractivity contribution is -0.384. The summed E-state index contributed by atoms with van der Waals surface area (Å²) >= 11 is 0. The number of amides is 1. The Morgan fingerprint density at radius 1 is 1.06 bits per heavy atom. The summed E-state index contributed by atoms with van der Waals surface area (Å²) in [7, 11) is 4.28. The zero-order valence-electron chi connectivity index (χ0n) is 16.8. The third kappa shape index (κ3) is 5.90. The quantitative estimate of drug-likeness (QED) is 0.444. The number of halogens is 3. The average Bonchev–Trinajstić information content (AvgIpc) is 2.72. The average molecular weight is 443 g/mol. The highest BCUT2D eigenvalue weighted by molar-refractivity contribution is 5.92. The number of methoxy groups -OCH3 is 3. The molecule has 0 atom stereocenters. The van der Waals surface area contributed by atoms with Crippen molar-refractivity contribution in [3.8, 4) is 17.2 Å². The maximum Gasteiger partial charge on any atom is 0.416 e. The number of ether oxygens (including phenoxy) is 3. The molecule has 0 saturated carbocycles. The normalized spacial score (nSPS) is 10.9. The van der Waals surface area contributed by atoms with Crippen LogP contribution in [0.3, 0.4) is 0 Å². The molecule has 2 aromatic carbocycles. The van der Waals surface area contributed by atoms with Gasteiger partial charge in [0.25, 0.3) is 5.69 Å². The third-order valence-corrected chi connectivity index (χ3v) is 4.14. The van der Waals surface area contributed by atoms with Crippen LogP contribution in [-0.2, 0) is 11.0 Å². The van der Waals surface area contributed by atoms with Crippen LogP contribution >= 0.6 is 0 Å². The topological polar surface area (TPSA) is 112 Å². The van der Waals surface area contributed by atoms with Gasteiger partial charge in [-0.2, -0.15) is 13.2 Å². The van der Waals surface area contributed by atoms with Crippen LogP contribution in [0, 0.1) is 10.1 Å². The van der Waals surface area contributed by atoms with E-state index in [1.807, 2.05) is 0 Å². The molecule has 0 aromatic heterocycles. The second kappa shape index (κ2) is 9.87. The summed E-state index contributed by atoms with van der Waals surface area (Å²) in [6.45, 7) is -0.0531. The first-order chi connectivity index (χ1) is 14.6. The molecule has 0 aliphatic heterocycles. The van der Waals surface area contributed by atoms with Gasteiger partial charge in [0.15, 0.2) is 11.5 Å². The standard InChI is InChI=1S/C19H20F3N3O6/c1-29-15-9-12(10-16(30-2)18(15)31-3)24-17(26)6-7-23-13-5-4-11(19(20,21)22)8-14(13)25(27)28/h4-5,8-10,23H,6-7H2,1-3H3,(H,24,26). The fourth-order valence-corrected chi connectivity index (χ4v) is 2.70. The van der Waals surface area contributed by atoms with E-state index in [1.54, 1.807) is 0 Å². The van der Waals surface area contributed by atoms with Crippen molar-refractivity contribution in [1.29, 1.82) is 0 Å². The molecule has 2 aromatic rings. The first-order valence-corrected chi connectivity index (χ1v) is 8.80. The second-order valence-electron chi connectivity index (χ2n) is 6.13. The predicted molar refractivity (Wildman–Crippen MR) is 106 cm³/mol. The first-order valence-electron chi connectivity index (χ1n) is 8.80. The van der Waals surface area contributed by atoms with E-state index in [-0.39, 0.29) is 18.7 Å². The summed E-state index contributed by atoms with van der Waals surface area (Å²) < 4.78 is 53.9. The van der Waals surface area contributed by atoms with Crippen molar-refractivity contribution < 1.29 is 37.1 Å². The Hall–Kier alpha value is -3.70. The van der Waals surface area contributed by atoms with Crippen LogP contribution in [0.25, 0.3) is 0 Å². The van der Waals surface area contributed by atoms with Gasteiger partial charge in [0.2, 0.25) is 11.7 Å². The highest BCUT2D eigenvalue weighted by atomic mass is 19.4. The Labute approximate surface area is 175 Å². The molecule has 0 aliphatic rings. The Balaban J connectivity index is 2.05. The van der Waals surface area contributed by atoms with Crippen LogP contribution in [-0.4, -0.2) is 38.7 Å². The fraction of sp³-hybridized carbons (Fsp3) is 0.316. The second-order valence-corrected chi connectivity index (χ2v) is 6.13.